The van der Waals surface area contributed by atoms with E-state index in [0.717, 1.165) is 28.9 Å². The topological polar surface area (TPSA) is 54.3 Å². The summed E-state index contributed by atoms with van der Waals surface area (Å²) in [6, 6.07) is 9.51. The van der Waals surface area contributed by atoms with Crippen LogP contribution in [0.25, 0.3) is 17.4 Å². The highest BCUT2D eigenvalue weighted by molar-refractivity contribution is 7.80. The summed E-state index contributed by atoms with van der Waals surface area (Å²) in [5.74, 6) is 3.54. The zero-order valence-electron chi connectivity index (χ0n) is 17.6. The van der Waals surface area contributed by atoms with Crippen LogP contribution in [0.15, 0.2) is 40.8 Å². The van der Waals surface area contributed by atoms with Crippen molar-refractivity contribution >= 4 is 40.9 Å². The molecule has 162 valence electrons. The first-order chi connectivity index (χ1) is 14.9. The van der Waals surface area contributed by atoms with E-state index in [4.69, 9.17) is 28.2 Å². The van der Waals surface area contributed by atoms with Gasteiger partial charge in [-0.05, 0) is 105 Å². The summed E-state index contributed by atoms with van der Waals surface area (Å²) in [6.45, 7) is 1.96. The molecule has 0 unspecified atom stereocenters. The van der Waals surface area contributed by atoms with E-state index in [-0.39, 0.29) is 11.4 Å². The van der Waals surface area contributed by atoms with Crippen molar-refractivity contribution < 1.29 is 9.21 Å². The fraction of sp³-hybridized carbons (Fsp3) is 0.440. The Balaban J connectivity index is 1.18. The molecule has 2 aromatic rings. The molecule has 1 heterocycles. The number of carbonyl (C=O) groups is 1. The molecule has 2 N–H and O–H groups in total. The number of amides is 1. The molecule has 1 amide bonds. The first kappa shape index (κ1) is 20.8. The number of hydrogen-bond donors (Lipinski definition) is 2. The maximum Gasteiger partial charge on any atom is 0.250 e. The van der Waals surface area contributed by atoms with Crippen molar-refractivity contribution in [3.63, 3.8) is 0 Å². The molecule has 0 radical (unpaired) electrons. The summed E-state index contributed by atoms with van der Waals surface area (Å²) in [5, 5.41) is 7.47. The van der Waals surface area contributed by atoms with Crippen LogP contribution in [-0.4, -0.2) is 16.6 Å². The Bertz CT molecular complexity index is 1020. The van der Waals surface area contributed by atoms with Gasteiger partial charge in [0.05, 0.1) is 0 Å². The van der Waals surface area contributed by atoms with Gasteiger partial charge < -0.3 is 9.73 Å². The monoisotopic (exact) mass is 454 g/mol. The summed E-state index contributed by atoms with van der Waals surface area (Å²) in [7, 11) is 0. The molecule has 4 fully saturated rings. The Morgan fingerprint density at radius 3 is 2.45 bits per heavy atom. The number of carbonyl (C=O) groups excluding carboxylic acids is 1. The highest BCUT2D eigenvalue weighted by atomic mass is 35.5. The van der Waals surface area contributed by atoms with Crippen LogP contribution in [0.4, 0.5) is 0 Å². The number of rotatable bonds is 4. The van der Waals surface area contributed by atoms with Crippen molar-refractivity contribution in [2.24, 2.45) is 17.8 Å². The quantitative estimate of drug-likeness (QED) is 0.447. The predicted molar refractivity (Wildman–Crippen MR) is 128 cm³/mol. The zero-order chi connectivity index (χ0) is 21.6. The smallest absolute Gasteiger partial charge is 0.250 e. The Morgan fingerprint density at radius 2 is 1.81 bits per heavy atom. The summed E-state index contributed by atoms with van der Waals surface area (Å²) >= 11 is 11.7. The highest BCUT2D eigenvalue weighted by Crippen LogP contribution is 2.55. The number of nitrogens with one attached hydrogen (secondary N) is 2. The summed E-state index contributed by atoms with van der Waals surface area (Å²) < 4.78 is 5.84. The highest BCUT2D eigenvalue weighted by Gasteiger charge is 2.51. The van der Waals surface area contributed by atoms with E-state index in [9.17, 15) is 4.79 Å². The first-order valence-corrected chi connectivity index (χ1v) is 11.8. The maximum absolute atomic E-state index is 12.4. The third-order valence-electron chi connectivity index (χ3n) is 7.14. The molecule has 4 saturated carbocycles. The molecule has 0 aliphatic heterocycles. The Labute approximate surface area is 193 Å². The SMILES string of the molecule is Cc1ccc(-c2ccc(/C=C/C(=O)NC(=S)NC34CC5CC(CC(C5)C3)C4)o2)cc1Cl. The van der Waals surface area contributed by atoms with Crippen LogP contribution < -0.4 is 10.6 Å². The number of aryl methyl sites for hydroxylation is 1. The van der Waals surface area contributed by atoms with Gasteiger partial charge in [0, 0.05) is 22.2 Å². The molecule has 6 rings (SSSR count). The second-order valence-corrected chi connectivity index (χ2v) is 10.5. The number of furan rings is 1. The minimum Gasteiger partial charge on any atom is -0.457 e. The molecule has 6 heteroatoms. The predicted octanol–water partition coefficient (Wildman–Crippen LogP) is 5.88. The van der Waals surface area contributed by atoms with E-state index in [1.807, 2.05) is 37.3 Å². The molecule has 0 atom stereocenters. The van der Waals surface area contributed by atoms with Crippen LogP contribution in [0.1, 0.15) is 49.8 Å². The summed E-state index contributed by atoms with van der Waals surface area (Å²) in [5.41, 5.74) is 2.01. The van der Waals surface area contributed by atoms with Gasteiger partial charge in [-0.25, -0.2) is 0 Å². The zero-order valence-corrected chi connectivity index (χ0v) is 19.2. The van der Waals surface area contributed by atoms with Gasteiger partial charge in [-0.2, -0.15) is 0 Å². The van der Waals surface area contributed by atoms with Crippen molar-refractivity contribution in [2.75, 3.05) is 0 Å². The summed E-state index contributed by atoms with van der Waals surface area (Å²) in [6.07, 6.45) is 10.8. The Kier molecular flexibility index (Phi) is 5.43. The third-order valence-corrected chi connectivity index (χ3v) is 7.75. The lowest BCUT2D eigenvalue weighted by Crippen LogP contribution is -2.61. The van der Waals surface area contributed by atoms with Gasteiger partial charge in [0.15, 0.2) is 5.11 Å². The fourth-order valence-corrected chi connectivity index (χ4v) is 6.69. The fourth-order valence-electron chi connectivity index (χ4n) is 6.19. The van der Waals surface area contributed by atoms with Crippen molar-refractivity contribution in [1.29, 1.82) is 0 Å². The number of thiocarbonyl (C=S) groups is 1. The molecule has 4 bridgehead atoms. The average Bonchev–Trinajstić information content (AvgIpc) is 3.16. The van der Waals surface area contributed by atoms with Gasteiger partial charge in [-0.3, -0.25) is 10.1 Å². The summed E-state index contributed by atoms with van der Waals surface area (Å²) in [4.78, 5) is 12.4. The molecule has 1 aromatic heterocycles. The minimum absolute atomic E-state index is 0.0913. The van der Waals surface area contributed by atoms with E-state index in [0.29, 0.717) is 21.7 Å². The van der Waals surface area contributed by atoms with Gasteiger partial charge in [-0.15, -0.1) is 0 Å². The number of benzene rings is 1. The average molecular weight is 455 g/mol. The van der Waals surface area contributed by atoms with Crippen molar-refractivity contribution in [3.8, 4) is 11.3 Å². The van der Waals surface area contributed by atoms with Gasteiger partial charge in [-0.1, -0.05) is 23.7 Å². The van der Waals surface area contributed by atoms with Gasteiger partial charge in [0.1, 0.15) is 11.5 Å². The van der Waals surface area contributed by atoms with Crippen molar-refractivity contribution in [3.05, 3.63) is 52.8 Å². The Morgan fingerprint density at radius 1 is 1.13 bits per heavy atom. The Hall–Kier alpha value is -2.11. The second kappa shape index (κ2) is 8.10. The molecule has 31 heavy (non-hydrogen) atoms. The molecular formula is C25H27ClN2O2S. The molecular weight excluding hydrogens is 428 g/mol. The van der Waals surface area contributed by atoms with E-state index in [2.05, 4.69) is 10.6 Å². The van der Waals surface area contributed by atoms with E-state index in [1.165, 1.54) is 44.6 Å². The van der Waals surface area contributed by atoms with Gasteiger partial charge in [0.25, 0.3) is 0 Å². The van der Waals surface area contributed by atoms with Crippen LogP contribution >= 0.6 is 23.8 Å². The molecule has 4 aliphatic carbocycles. The van der Waals surface area contributed by atoms with Crippen molar-refractivity contribution in [1.82, 2.24) is 10.6 Å². The van der Waals surface area contributed by atoms with Crippen LogP contribution in [0, 0.1) is 24.7 Å². The normalized spacial score (nSPS) is 28.8. The second-order valence-electron chi connectivity index (χ2n) is 9.64. The largest absolute Gasteiger partial charge is 0.457 e. The van der Waals surface area contributed by atoms with Crippen LogP contribution in [0.5, 0.6) is 0 Å². The van der Waals surface area contributed by atoms with Crippen LogP contribution in [0.2, 0.25) is 5.02 Å². The van der Waals surface area contributed by atoms with Gasteiger partial charge in [0.2, 0.25) is 5.91 Å². The molecule has 1 aromatic carbocycles. The third kappa shape index (κ3) is 4.44. The van der Waals surface area contributed by atoms with E-state index < -0.39 is 0 Å². The molecule has 0 spiro atoms. The molecule has 4 nitrogen and oxygen atoms in total. The molecule has 0 saturated heterocycles. The van der Waals surface area contributed by atoms with Crippen molar-refractivity contribution in [2.45, 2.75) is 51.0 Å². The lowest BCUT2D eigenvalue weighted by atomic mass is 9.53. The lowest BCUT2D eigenvalue weighted by molar-refractivity contribution is -0.115. The number of halogens is 1. The van der Waals surface area contributed by atoms with Crippen LogP contribution in [-0.2, 0) is 4.79 Å². The maximum atomic E-state index is 12.4. The standard InChI is InChI=1S/C25H27ClN2O2S/c1-15-2-3-19(11-21(15)26)22-6-4-20(30-22)5-7-23(29)27-24(31)28-25-12-16-8-17(13-25)10-18(9-16)14-25/h2-7,11,16-18H,8-10,12-14H2,1H3,(H2,27,28,29,31)/b7-5+. The van der Waals surface area contributed by atoms with E-state index >= 15 is 0 Å². The minimum atomic E-state index is -0.251. The molecule has 4 aliphatic rings. The first-order valence-electron chi connectivity index (χ1n) is 11.0. The van der Waals surface area contributed by atoms with Gasteiger partial charge >= 0.3 is 0 Å². The number of hydrogen-bond acceptors (Lipinski definition) is 3. The van der Waals surface area contributed by atoms with Crippen LogP contribution in [0.3, 0.4) is 0 Å². The lowest BCUT2D eigenvalue weighted by Gasteiger charge is -2.57. The van der Waals surface area contributed by atoms with E-state index in [1.54, 1.807) is 6.08 Å².